The summed E-state index contributed by atoms with van der Waals surface area (Å²) < 4.78 is 47.5. The first-order valence-corrected chi connectivity index (χ1v) is 12.0. The van der Waals surface area contributed by atoms with Crippen LogP contribution in [0.4, 0.5) is 13.2 Å². The summed E-state index contributed by atoms with van der Waals surface area (Å²) in [4.78, 5) is 33.1. The fourth-order valence-electron chi connectivity index (χ4n) is 3.63. The quantitative estimate of drug-likeness (QED) is 0.310. The number of esters is 1. The fourth-order valence-corrected chi connectivity index (χ4v) is 3.95. The molecule has 0 saturated carbocycles. The highest BCUT2D eigenvalue weighted by Gasteiger charge is 2.39. The Morgan fingerprint density at radius 3 is 2.46 bits per heavy atom. The van der Waals surface area contributed by atoms with Crippen molar-refractivity contribution in [3.05, 3.63) is 74.9 Å². The molecule has 0 unspecified atom stereocenters. The van der Waals surface area contributed by atoms with E-state index in [4.69, 9.17) is 27.9 Å². The lowest BCUT2D eigenvalue weighted by Gasteiger charge is -2.15. The van der Waals surface area contributed by atoms with E-state index >= 15 is 0 Å². The Labute approximate surface area is 228 Å². The second-order valence-corrected chi connectivity index (χ2v) is 9.16. The van der Waals surface area contributed by atoms with E-state index in [1.165, 1.54) is 54.3 Å². The highest BCUT2D eigenvalue weighted by atomic mass is 35.5. The molecule has 206 valence electrons. The fraction of sp³-hybridized carbons (Fsp3) is 0.304. The summed E-state index contributed by atoms with van der Waals surface area (Å²) in [7, 11) is 0. The minimum absolute atomic E-state index is 0.00898. The minimum atomic E-state index is -4.97. The molecule has 2 atom stereocenters. The van der Waals surface area contributed by atoms with Crippen LogP contribution in [0.25, 0.3) is 17.1 Å². The Kier molecular flexibility index (Phi) is 8.09. The molecular formula is C23H20Cl2F3N7O4. The van der Waals surface area contributed by atoms with Gasteiger partial charge in [-0.2, -0.15) is 13.2 Å². The number of alkyl halides is 3. The van der Waals surface area contributed by atoms with Crippen LogP contribution in [-0.2, 0) is 22.6 Å². The van der Waals surface area contributed by atoms with E-state index in [-0.39, 0.29) is 34.6 Å². The molecule has 0 aliphatic rings. The van der Waals surface area contributed by atoms with E-state index in [9.17, 15) is 27.9 Å². The van der Waals surface area contributed by atoms with E-state index in [1.54, 1.807) is 6.92 Å². The Balaban J connectivity index is 1.79. The molecule has 0 aliphatic heterocycles. The average Bonchev–Trinajstić information content (AvgIpc) is 3.41. The van der Waals surface area contributed by atoms with Crippen molar-refractivity contribution in [1.82, 2.24) is 34.1 Å². The molecule has 3 heterocycles. The minimum Gasteiger partial charge on any atom is -0.455 e. The number of aromatic nitrogens is 7. The van der Waals surface area contributed by atoms with Crippen molar-refractivity contribution >= 4 is 29.2 Å². The van der Waals surface area contributed by atoms with Gasteiger partial charge in [0.05, 0.1) is 17.8 Å². The van der Waals surface area contributed by atoms with Crippen LogP contribution in [0.15, 0.2) is 47.5 Å². The number of hydrogen-bond acceptors (Lipinski definition) is 8. The normalized spacial score (nSPS) is 13.3. The van der Waals surface area contributed by atoms with Crippen LogP contribution in [0, 0.1) is 0 Å². The predicted molar refractivity (Wildman–Crippen MR) is 132 cm³/mol. The monoisotopic (exact) mass is 585 g/mol. The second-order valence-electron chi connectivity index (χ2n) is 8.32. The third kappa shape index (κ3) is 6.29. The number of benzene rings is 1. The van der Waals surface area contributed by atoms with Gasteiger partial charge in [0.2, 0.25) is 0 Å². The maximum Gasteiger partial charge on any atom is 0.416 e. The lowest BCUT2D eigenvalue weighted by Crippen LogP contribution is -2.37. The number of hydrogen-bond donors (Lipinski definition) is 1. The average molecular weight is 586 g/mol. The van der Waals surface area contributed by atoms with E-state index < -0.39 is 36.6 Å². The molecular weight excluding hydrogens is 566 g/mol. The third-order valence-corrected chi connectivity index (χ3v) is 5.98. The maximum absolute atomic E-state index is 13.2. The van der Waals surface area contributed by atoms with Gasteiger partial charge in [-0.05, 0) is 37.3 Å². The molecule has 4 rings (SSSR count). The van der Waals surface area contributed by atoms with Crippen molar-refractivity contribution in [3.8, 4) is 17.1 Å². The SMILES string of the molecule is CC(=O)O[C@@H](C)c1nc(Cn2nc(-c3ccc(Cl)cc3)n(C[C@H](O)C(F)(F)F)c2=O)nn1-c1cnccc1Cl. The zero-order valence-corrected chi connectivity index (χ0v) is 21.8. The molecule has 0 radical (unpaired) electrons. The largest absolute Gasteiger partial charge is 0.455 e. The van der Waals surface area contributed by atoms with Gasteiger partial charge in [0.25, 0.3) is 0 Å². The summed E-state index contributed by atoms with van der Waals surface area (Å²) in [5, 5.41) is 18.8. The van der Waals surface area contributed by atoms with Crippen LogP contribution < -0.4 is 5.69 Å². The van der Waals surface area contributed by atoms with Crippen molar-refractivity contribution < 1.29 is 27.8 Å². The van der Waals surface area contributed by atoms with Gasteiger partial charge in [0, 0.05) is 23.7 Å². The Bertz CT molecular complexity index is 1550. The van der Waals surface area contributed by atoms with E-state index in [2.05, 4.69) is 20.2 Å². The number of carbonyl (C=O) groups is 1. The number of ether oxygens (including phenoxy) is 1. The van der Waals surface area contributed by atoms with Gasteiger partial charge < -0.3 is 9.84 Å². The highest BCUT2D eigenvalue weighted by molar-refractivity contribution is 6.32. The van der Waals surface area contributed by atoms with Crippen LogP contribution in [0.2, 0.25) is 10.0 Å². The summed E-state index contributed by atoms with van der Waals surface area (Å²) in [6.07, 6.45) is -5.81. The van der Waals surface area contributed by atoms with Crippen molar-refractivity contribution in [2.24, 2.45) is 0 Å². The molecule has 0 bridgehead atoms. The standard InChI is InChI=1S/C23H20Cl2F3N7O4/c1-12(39-13(2)36)20-30-19(31-35(20)17-9-29-8-7-16(17)25)11-34-22(38)33(10-18(37)23(26,27)28)21(32-34)14-3-5-15(24)6-4-14/h3-9,12,18,37H,10-11H2,1-2H3/t12-,18-/m0/s1. The number of carbonyl (C=O) groups excluding carboxylic acids is 1. The topological polar surface area (TPSA) is 130 Å². The molecule has 0 fully saturated rings. The van der Waals surface area contributed by atoms with Crippen molar-refractivity contribution in [3.63, 3.8) is 0 Å². The maximum atomic E-state index is 13.2. The van der Waals surface area contributed by atoms with Crippen LogP contribution >= 0.6 is 23.2 Å². The van der Waals surface area contributed by atoms with E-state index in [1.807, 2.05) is 0 Å². The van der Waals surface area contributed by atoms with Crippen LogP contribution in [0.3, 0.4) is 0 Å². The van der Waals surface area contributed by atoms with Gasteiger partial charge in [-0.25, -0.2) is 19.1 Å². The summed E-state index contributed by atoms with van der Waals surface area (Å²) >= 11 is 12.2. The molecule has 3 aromatic heterocycles. The third-order valence-electron chi connectivity index (χ3n) is 5.41. The lowest BCUT2D eigenvalue weighted by molar-refractivity contribution is -0.207. The molecule has 0 aliphatic carbocycles. The number of aliphatic hydroxyl groups is 1. The number of pyridine rings is 1. The summed E-state index contributed by atoms with van der Waals surface area (Å²) in [5.41, 5.74) is -0.358. The Morgan fingerprint density at radius 1 is 1.15 bits per heavy atom. The van der Waals surface area contributed by atoms with Gasteiger partial charge in [0.1, 0.15) is 12.2 Å². The van der Waals surface area contributed by atoms with Gasteiger partial charge in [0.15, 0.2) is 29.7 Å². The molecule has 0 spiro atoms. The summed E-state index contributed by atoms with van der Waals surface area (Å²) in [6.45, 7) is 1.30. The van der Waals surface area contributed by atoms with Crippen LogP contribution in [0.5, 0.6) is 0 Å². The molecule has 11 nitrogen and oxygen atoms in total. The first-order valence-electron chi connectivity index (χ1n) is 11.3. The Hall–Kier alpha value is -3.75. The number of aliphatic hydroxyl groups excluding tert-OH is 1. The first kappa shape index (κ1) is 28.3. The predicted octanol–water partition coefficient (Wildman–Crippen LogP) is 3.59. The lowest BCUT2D eigenvalue weighted by atomic mass is 10.2. The number of nitrogens with zero attached hydrogens (tertiary/aromatic N) is 7. The summed E-state index contributed by atoms with van der Waals surface area (Å²) in [5.74, 6) is -0.562. The second kappa shape index (κ2) is 11.2. The van der Waals surface area contributed by atoms with Crippen molar-refractivity contribution in [2.45, 2.75) is 45.3 Å². The van der Waals surface area contributed by atoms with Crippen LogP contribution in [0.1, 0.15) is 31.6 Å². The number of rotatable bonds is 8. The van der Waals surface area contributed by atoms with Gasteiger partial charge >= 0.3 is 17.8 Å². The summed E-state index contributed by atoms with van der Waals surface area (Å²) in [6, 6.07) is 7.42. The zero-order valence-electron chi connectivity index (χ0n) is 20.3. The smallest absolute Gasteiger partial charge is 0.416 e. The van der Waals surface area contributed by atoms with Crippen molar-refractivity contribution in [1.29, 1.82) is 0 Å². The molecule has 0 saturated heterocycles. The van der Waals surface area contributed by atoms with Crippen molar-refractivity contribution in [2.75, 3.05) is 0 Å². The van der Waals surface area contributed by atoms with E-state index in [0.29, 0.717) is 15.3 Å². The first-order chi connectivity index (χ1) is 18.3. The van der Waals surface area contributed by atoms with E-state index in [0.717, 1.165) is 4.68 Å². The highest BCUT2D eigenvalue weighted by Crippen LogP contribution is 2.26. The molecule has 39 heavy (non-hydrogen) atoms. The zero-order chi connectivity index (χ0) is 28.5. The van der Waals surface area contributed by atoms with Gasteiger partial charge in [-0.1, -0.05) is 23.2 Å². The Morgan fingerprint density at radius 2 is 1.85 bits per heavy atom. The molecule has 0 amide bonds. The number of halogens is 5. The van der Waals surface area contributed by atoms with Crippen LogP contribution in [-0.4, -0.2) is 57.5 Å². The van der Waals surface area contributed by atoms with Gasteiger partial charge in [-0.15, -0.1) is 10.2 Å². The molecule has 1 N–H and O–H groups in total. The van der Waals surface area contributed by atoms with Gasteiger partial charge in [-0.3, -0.25) is 14.3 Å². The molecule has 16 heteroatoms. The molecule has 1 aromatic carbocycles. The molecule has 4 aromatic rings.